The van der Waals surface area contributed by atoms with E-state index < -0.39 is 0 Å². The second-order valence-electron chi connectivity index (χ2n) is 7.92. The maximum absolute atomic E-state index is 12.7. The van der Waals surface area contributed by atoms with Gasteiger partial charge in [0.1, 0.15) is 5.75 Å². The maximum atomic E-state index is 12.7. The normalized spacial score (nSPS) is 19.4. The average molecular weight is 396 g/mol. The molecule has 2 aromatic rings. The van der Waals surface area contributed by atoms with Crippen LogP contribution in [0.2, 0.25) is 0 Å². The quantitative estimate of drug-likeness (QED) is 0.779. The fraction of sp³-hybridized carbons (Fsp3) is 0.391. The van der Waals surface area contributed by atoms with Gasteiger partial charge in [-0.15, -0.1) is 0 Å². The third kappa shape index (κ3) is 5.81. The Balaban J connectivity index is 1.64. The van der Waals surface area contributed by atoms with Gasteiger partial charge in [-0.1, -0.05) is 26.0 Å². The number of piperidine rings is 1. The standard InChI is InChI=1S/C23H29N3O3/c1-16-12-17(2)14-26(13-16)15-22(27)25-21-7-5-4-6-20(21)23(28)24-18-8-10-19(29-3)11-9-18/h4-11,16-17H,12-15H2,1-3H3,(H,24,28)(H,25,27)/t16-,17-/m1/s1. The number of carbonyl (C=O) groups excluding carboxylic acids is 2. The van der Waals surface area contributed by atoms with E-state index in [0.29, 0.717) is 35.3 Å². The lowest BCUT2D eigenvalue weighted by molar-refractivity contribution is -0.117. The summed E-state index contributed by atoms with van der Waals surface area (Å²) >= 11 is 0. The van der Waals surface area contributed by atoms with Crippen molar-refractivity contribution in [1.29, 1.82) is 0 Å². The molecule has 2 N–H and O–H groups in total. The molecule has 2 aromatic carbocycles. The number of ether oxygens (including phenoxy) is 1. The monoisotopic (exact) mass is 395 g/mol. The highest BCUT2D eigenvalue weighted by molar-refractivity contribution is 6.10. The maximum Gasteiger partial charge on any atom is 0.257 e. The van der Waals surface area contributed by atoms with E-state index >= 15 is 0 Å². The van der Waals surface area contributed by atoms with Crippen molar-refractivity contribution >= 4 is 23.2 Å². The van der Waals surface area contributed by atoms with E-state index in [4.69, 9.17) is 4.74 Å². The Morgan fingerprint density at radius 2 is 1.66 bits per heavy atom. The number of nitrogens with zero attached hydrogens (tertiary/aromatic N) is 1. The lowest BCUT2D eigenvalue weighted by Crippen LogP contribution is -2.43. The van der Waals surface area contributed by atoms with E-state index in [1.54, 1.807) is 49.6 Å². The van der Waals surface area contributed by atoms with Gasteiger partial charge in [0.15, 0.2) is 0 Å². The zero-order chi connectivity index (χ0) is 20.8. The number of methoxy groups -OCH3 is 1. The number of hydrogen-bond donors (Lipinski definition) is 2. The smallest absolute Gasteiger partial charge is 0.257 e. The summed E-state index contributed by atoms with van der Waals surface area (Å²) in [6.45, 7) is 6.64. The van der Waals surface area contributed by atoms with Crippen molar-refractivity contribution in [3.63, 3.8) is 0 Å². The molecule has 0 aromatic heterocycles. The summed E-state index contributed by atoms with van der Waals surface area (Å²) in [6, 6.07) is 14.2. The summed E-state index contributed by atoms with van der Waals surface area (Å²) in [7, 11) is 1.59. The first-order valence-electron chi connectivity index (χ1n) is 10.0. The molecule has 2 amide bonds. The molecule has 0 bridgehead atoms. The number of likely N-dealkylation sites (tertiary alicyclic amines) is 1. The number of para-hydroxylation sites is 1. The Hall–Kier alpha value is -2.86. The van der Waals surface area contributed by atoms with Crippen molar-refractivity contribution in [3.05, 3.63) is 54.1 Å². The zero-order valence-electron chi connectivity index (χ0n) is 17.3. The Bertz CT molecular complexity index is 841. The molecule has 1 aliphatic rings. The number of anilines is 2. The van der Waals surface area contributed by atoms with Crippen LogP contribution in [0.25, 0.3) is 0 Å². The molecular weight excluding hydrogens is 366 g/mol. The molecule has 0 radical (unpaired) electrons. The highest BCUT2D eigenvalue weighted by atomic mass is 16.5. The first kappa shape index (κ1) is 20.9. The summed E-state index contributed by atoms with van der Waals surface area (Å²) in [4.78, 5) is 27.5. The van der Waals surface area contributed by atoms with Crippen LogP contribution >= 0.6 is 0 Å². The fourth-order valence-corrected chi connectivity index (χ4v) is 3.98. The predicted molar refractivity (Wildman–Crippen MR) is 115 cm³/mol. The number of amides is 2. The third-order valence-electron chi connectivity index (χ3n) is 5.11. The van der Waals surface area contributed by atoms with Gasteiger partial charge >= 0.3 is 0 Å². The van der Waals surface area contributed by atoms with E-state index in [9.17, 15) is 9.59 Å². The van der Waals surface area contributed by atoms with E-state index in [0.717, 1.165) is 18.8 Å². The van der Waals surface area contributed by atoms with Crippen LogP contribution in [0.5, 0.6) is 5.75 Å². The van der Waals surface area contributed by atoms with Crippen LogP contribution in [-0.2, 0) is 4.79 Å². The molecule has 0 spiro atoms. The van der Waals surface area contributed by atoms with Gasteiger partial charge in [0, 0.05) is 18.8 Å². The van der Waals surface area contributed by atoms with Gasteiger partial charge in [-0.05, 0) is 54.7 Å². The topological polar surface area (TPSA) is 70.7 Å². The van der Waals surface area contributed by atoms with Gasteiger partial charge in [0.2, 0.25) is 5.91 Å². The third-order valence-corrected chi connectivity index (χ3v) is 5.11. The summed E-state index contributed by atoms with van der Waals surface area (Å²) in [6.07, 6.45) is 1.20. The molecule has 1 aliphatic heterocycles. The molecular formula is C23H29N3O3. The molecule has 6 nitrogen and oxygen atoms in total. The van der Waals surface area contributed by atoms with Crippen molar-refractivity contribution in [1.82, 2.24) is 4.90 Å². The highest BCUT2D eigenvalue weighted by Gasteiger charge is 2.23. The van der Waals surface area contributed by atoms with E-state index in [-0.39, 0.29) is 11.8 Å². The number of carbonyl (C=O) groups is 2. The van der Waals surface area contributed by atoms with Crippen LogP contribution in [0.4, 0.5) is 11.4 Å². The van der Waals surface area contributed by atoms with Crippen molar-refractivity contribution < 1.29 is 14.3 Å². The van der Waals surface area contributed by atoms with Crippen LogP contribution in [0, 0.1) is 11.8 Å². The average Bonchev–Trinajstić information content (AvgIpc) is 2.68. The number of benzene rings is 2. The zero-order valence-corrected chi connectivity index (χ0v) is 17.3. The van der Waals surface area contributed by atoms with Crippen LogP contribution in [0.1, 0.15) is 30.6 Å². The Labute approximate surface area is 172 Å². The predicted octanol–water partition coefficient (Wildman–Crippen LogP) is 3.86. The van der Waals surface area contributed by atoms with Crippen LogP contribution < -0.4 is 15.4 Å². The second-order valence-corrected chi connectivity index (χ2v) is 7.92. The van der Waals surface area contributed by atoms with Crippen molar-refractivity contribution in [2.75, 3.05) is 37.4 Å². The lowest BCUT2D eigenvalue weighted by Gasteiger charge is -2.34. The fourth-order valence-electron chi connectivity index (χ4n) is 3.98. The number of nitrogens with one attached hydrogen (secondary N) is 2. The Morgan fingerprint density at radius 3 is 2.31 bits per heavy atom. The summed E-state index contributed by atoms with van der Waals surface area (Å²) in [5.74, 6) is 1.53. The molecule has 0 aliphatic carbocycles. The molecule has 2 atom stereocenters. The van der Waals surface area contributed by atoms with Gasteiger partial charge in [-0.2, -0.15) is 0 Å². The van der Waals surface area contributed by atoms with Crippen LogP contribution in [0.15, 0.2) is 48.5 Å². The molecule has 6 heteroatoms. The Kier molecular flexibility index (Phi) is 6.88. The molecule has 1 saturated heterocycles. The first-order chi connectivity index (χ1) is 13.9. The SMILES string of the molecule is COc1ccc(NC(=O)c2ccccc2NC(=O)CN2C[C@H](C)C[C@@H](C)C2)cc1. The van der Waals surface area contributed by atoms with Crippen molar-refractivity contribution in [2.24, 2.45) is 11.8 Å². The van der Waals surface area contributed by atoms with Gasteiger partial charge in [-0.3, -0.25) is 14.5 Å². The summed E-state index contributed by atoms with van der Waals surface area (Å²) in [5, 5.41) is 5.77. The molecule has 0 saturated carbocycles. The number of rotatable bonds is 6. The minimum Gasteiger partial charge on any atom is -0.497 e. The van der Waals surface area contributed by atoms with Gasteiger partial charge in [-0.25, -0.2) is 0 Å². The van der Waals surface area contributed by atoms with Crippen LogP contribution in [-0.4, -0.2) is 43.5 Å². The lowest BCUT2D eigenvalue weighted by atomic mass is 9.92. The van der Waals surface area contributed by atoms with E-state index in [2.05, 4.69) is 29.4 Å². The number of hydrogen-bond acceptors (Lipinski definition) is 4. The molecule has 1 heterocycles. The van der Waals surface area contributed by atoms with E-state index in [1.165, 1.54) is 6.42 Å². The van der Waals surface area contributed by atoms with Crippen molar-refractivity contribution in [3.8, 4) is 5.75 Å². The Morgan fingerprint density at radius 1 is 1.00 bits per heavy atom. The molecule has 29 heavy (non-hydrogen) atoms. The van der Waals surface area contributed by atoms with Gasteiger partial charge in [0.05, 0.1) is 24.9 Å². The summed E-state index contributed by atoms with van der Waals surface area (Å²) in [5.41, 5.74) is 1.60. The van der Waals surface area contributed by atoms with Crippen molar-refractivity contribution in [2.45, 2.75) is 20.3 Å². The highest BCUT2D eigenvalue weighted by Crippen LogP contribution is 2.22. The molecule has 0 unspecified atom stereocenters. The van der Waals surface area contributed by atoms with Crippen LogP contribution in [0.3, 0.4) is 0 Å². The minimum atomic E-state index is -0.272. The van der Waals surface area contributed by atoms with Gasteiger partial charge < -0.3 is 15.4 Å². The van der Waals surface area contributed by atoms with Gasteiger partial charge in [0.25, 0.3) is 5.91 Å². The molecule has 1 fully saturated rings. The molecule has 3 rings (SSSR count). The second kappa shape index (κ2) is 9.56. The first-order valence-corrected chi connectivity index (χ1v) is 10.0. The van der Waals surface area contributed by atoms with E-state index in [1.807, 2.05) is 6.07 Å². The largest absolute Gasteiger partial charge is 0.497 e. The molecule has 154 valence electrons. The summed E-state index contributed by atoms with van der Waals surface area (Å²) < 4.78 is 5.13. The minimum absolute atomic E-state index is 0.101.